The highest BCUT2D eigenvalue weighted by Gasteiger charge is 2.39. The zero-order valence-electron chi connectivity index (χ0n) is 9.23. The van der Waals surface area contributed by atoms with E-state index in [9.17, 15) is 4.79 Å². The van der Waals surface area contributed by atoms with Crippen LogP contribution in [-0.4, -0.2) is 30.6 Å². The lowest BCUT2D eigenvalue weighted by Crippen LogP contribution is -2.32. The van der Waals surface area contributed by atoms with E-state index in [-0.39, 0.29) is 24.1 Å². The van der Waals surface area contributed by atoms with E-state index < -0.39 is 5.79 Å². The van der Waals surface area contributed by atoms with Gasteiger partial charge >= 0.3 is 5.97 Å². The minimum absolute atomic E-state index is 0.0134. The Morgan fingerprint density at radius 1 is 1.53 bits per heavy atom. The third-order valence-electron chi connectivity index (χ3n) is 2.81. The highest BCUT2D eigenvalue weighted by atomic mass is 16.7. The zero-order chi connectivity index (χ0) is 11.1. The molecule has 1 saturated heterocycles. The first-order valence-electron chi connectivity index (χ1n) is 5.18. The fraction of sp³-hybridized carbons (Fsp3) is 0.727. The lowest BCUT2D eigenvalue weighted by Gasteiger charge is -2.24. The van der Waals surface area contributed by atoms with E-state index in [4.69, 9.17) is 14.2 Å². The van der Waals surface area contributed by atoms with Crippen LogP contribution in [0.25, 0.3) is 0 Å². The molecule has 0 radical (unpaired) electrons. The molecule has 2 aliphatic heterocycles. The van der Waals surface area contributed by atoms with Crippen molar-refractivity contribution in [1.29, 1.82) is 0 Å². The van der Waals surface area contributed by atoms with Crippen LogP contribution in [0, 0.1) is 5.92 Å². The largest absolute Gasteiger partial charge is 0.455 e. The minimum atomic E-state index is -0.523. The number of esters is 1. The van der Waals surface area contributed by atoms with Crippen molar-refractivity contribution in [3.05, 3.63) is 12.2 Å². The third-order valence-corrected chi connectivity index (χ3v) is 2.81. The maximum absolute atomic E-state index is 10.9. The van der Waals surface area contributed by atoms with Crippen LogP contribution in [0.1, 0.15) is 20.8 Å². The Morgan fingerprint density at radius 3 is 2.73 bits per heavy atom. The van der Waals surface area contributed by atoms with Gasteiger partial charge in [0, 0.05) is 12.0 Å². The van der Waals surface area contributed by atoms with Crippen molar-refractivity contribution in [2.45, 2.75) is 38.8 Å². The molecule has 0 bridgehead atoms. The molecule has 0 spiro atoms. The van der Waals surface area contributed by atoms with Gasteiger partial charge in [0.1, 0.15) is 6.10 Å². The molecule has 0 amide bonds. The zero-order valence-corrected chi connectivity index (χ0v) is 9.23. The summed E-state index contributed by atoms with van der Waals surface area (Å²) in [4.78, 5) is 10.9. The van der Waals surface area contributed by atoms with Crippen LogP contribution in [0.2, 0.25) is 0 Å². The van der Waals surface area contributed by atoms with Gasteiger partial charge in [-0.05, 0) is 19.9 Å². The Morgan fingerprint density at radius 2 is 2.27 bits per heavy atom. The lowest BCUT2D eigenvalue weighted by atomic mass is 9.99. The predicted octanol–water partition coefficient (Wildman–Crippen LogP) is 1.26. The standard InChI is InChI=1S/C11H16O4/c1-7(8-4-5-10(12)14-8)9-6-13-11(2,3)15-9/h4-5,7-9H,6H2,1-3H3/t7-,8-,9+/m1/s1. The smallest absolute Gasteiger partial charge is 0.331 e. The van der Waals surface area contributed by atoms with Crippen molar-refractivity contribution in [3.63, 3.8) is 0 Å². The normalized spacial score (nSPS) is 35.5. The molecule has 0 aromatic carbocycles. The molecule has 1 fully saturated rings. The van der Waals surface area contributed by atoms with E-state index in [1.807, 2.05) is 20.8 Å². The first-order valence-corrected chi connectivity index (χ1v) is 5.18. The molecule has 2 aliphatic rings. The highest BCUT2D eigenvalue weighted by Crippen LogP contribution is 2.30. The summed E-state index contributed by atoms with van der Waals surface area (Å²) in [6.07, 6.45) is 3.05. The summed E-state index contributed by atoms with van der Waals surface area (Å²) >= 11 is 0. The maximum atomic E-state index is 10.9. The van der Waals surface area contributed by atoms with Gasteiger partial charge in [0.15, 0.2) is 5.79 Å². The average molecular weight is 212 g/mol. The van der Waals surface area contributed by atoms with Crippen LogP contribution in [-0.2, 0) is 19.0 Å². The molecule has 0 unspecified atom stereocenters. The molecule has 0 aromatic heterocycles. The quantitative estimate of drug-likeness (QED) is 0.646. The summed E-state index contributed by atoms with van der Waals surface area (Å²) in [5.74, 6) is -0.676. The van der Waals surface area contributed by atoms with Crippen molar-refractivity contribution in [2.24, 2.45) is 5.92 Å². The molecule has 0 aliphatic carbocycles. The Kier molecular flexibility index (Phi) is 2.56. The monoisotopic (exact) mass is 212 g/mol. The van der Waals surface area contributed by atoms with Crippen molar-refractivity contribution in [3.8, 4) is 0 Å². The second-order valence-electron chi connectivity index (χ2n) is 4.49. The highest BCUT2D eigenvalue weighted by molar-refractivity contribution is 5.84. The third kappa shape index (κ3) is 2.21. The van der Waals surface area contributed by atoms with Crippen LogP contribution in [0.15, 0.2) is 12.2 Å². The topological polar surface area (TPSA) is 44.8 Å². The minimum Gasteiger partial charge on any atom is -0.455 e. The molecule has 4 heteroatoms. The van der Waals surface area contributed by atoms with Crippen LogP contribution < -0.4 is 0 Å². The van der Waals surface area contributed by atoms with Gasteiger partial charge in [-0.3, -0.25) is 0 Å². The SMILES string of the molecule is C[C@@H]([C@@H]1COC(C)(C)O1)[C@H]1C=CC(=O)O1. The Balaban J connectivity index is 1.95. The average Bonchev–Trinajstić information content (AvgIpc) is 2.71. The van der Waals surface area contributed by atoms with Gasteiger partial charge in [0.05, 0.1) is 12.7 Å². The Hall–Kier alpha value is -0.870. The number of rotatable bonds is 2. The summed E-state index contributed by atoms with van der Waals surface area (Å²) in [5, 5.41) is 0. The summed E-state index contributed by atoms with van der Waals surface area (Å²) < 4.78 is 16.3. The van der Waals surface area contributed by atoms with E-state index in [1.165, 1.54) is 6.08 Å². The molecular formula is C11H16O4. The van der Waals surface area contributed by atoms with Gasteiger partial charge in [-0.2, -0.15) is 0 Å². The van der Waals surface area contributed by atoms with Crippen molar-refractivity contribution >= 4 is 5.97 Å². The van der Waals surface area contributed by atoms with E-state index in [2.05, 4.69) is 0 Å². The second-order valence-corrected chi connectivity index (χ2v) is 4.49. The van der Waals surface area contributed by atoms with E-state index in [0.29, 0.717) is 6.61 Å². The summed E-state index contributed by atoms with van der Waals surface area (Å²) in [5.41, 5.74) is 0. The van der Waals surface area contributed by atoms with Gasteiger partial charge in [-0.25, -0.2) is 4.79 Å². The number of ether oxygens (including phenoxy) is 3. The number of carbonyl (C=O) groups is 1. The summed E-state index contributed by atoms with van der Waals surface area (Å²) in [7, 11) is 0. The molecule has 2 heterocycles. The number of carbonyl (C=O) groups excluding carboxylic acids is 1. The van der Waals surface area contributed by atoms with E-state index >= 15 is 0 Å². The number of hydrogen-bond acceptors (Lipinski definition) is 4. The van der Waals surface area contributed by atoms with Crippen molar-refractivity contribution < 1.29 is 19.0 Å². The second kappa shape index (κ2) is 3.61. The van der Waals surface area contributed by atoms with Gasteiger partial charge in [0.2, 0.25) is 0 Å². The molecule has 0 N–H and O–H groups in total. The van der Waals surface area contributed by atoms with Crippen LogP contribution >= 0.6 is 0 Å². The Labute approximate surface area is 89.2 Å². The molecule has 0 aromatic rings. The van der Waals surface area contributed by atoms with Crippen molar-refractivity contribution in [1.82, 2.24) is 0 Å². The predicted molar refractivity (Wildman–Crippen MR) is 53.1 cm³/mol. The fourth-order valence-corrected chi connectivity index (χ4v) is 1.85. The van der Waals surface area contributed by atoms with Gasteiger partial charge in [-0.15, -0.1) is 0 Å². The molecule has 4 nitrogen and oxygen atoms in total. The molecule has 15 heavy (non-hydrogen) atoms. The summed E-state index contributed by atoms with van der Waals surface area (Å²) in [6.45, 7) is 6.32. The maximum Gasteiger partial charge on any atom is 0.331 e. The van der Waals surface area contributed by atoms with E-state index in [0.717, 1.165) is 0 Å². The first kappa shape index (κ1) is 10.6. The van der Waals surface area contributed by atoms with Gasteiger partial charge in [-0.1, -0.05) is 6.92 Å². The number of hydrogen-bond donors (Lipinski definition) is 0. The Bertz CT molecular complexity index is 295. The molecule has 84 valence electrons. The number of cyclic esters (lactones) is 1. The van der Waals surface area contributed by atoms with E-state index in [1.54, 1.807) is 6.08 Å². The van der Waals surface area contributed by atoms with Crippen LogP contribution in [0.3, 0.4) is 0 Å². The fourth-order valence-electron chi connectivity index (χ4n) is 1.85. The first-order chi connectivity index (χ1) is 6.98. The molecular weight excluding hydrogens is 196 g/mol. The van der Waals surface area contributed by atoms with Gasteiger partial charge in [0.25, 0.3) is 0 Å². The van der Waals surface area contributed by atoms with Crippen LogP contribution in [0.5, 0.6) is 0 Å². The molecule has 2 rings (SSSR count). The molecule has 3 atom stereocenters. The van der Waals surface area contributed by atoms with Crippen molar-refractivity contribution in [2.75, 3.05) is 6.61 Å². The van der Waals surface area contributed by atoms with Crippen LogP contribution in [0.4, 0.5) is 0 Å². The van der Waals surface area contributed by atoms with Gasteiger partial charge < -0.3 is 14.2 Å². The molecule has 0 saturated carbocycles. The summed E-state index contributed by atoms with van der Waals surface area (Å²) in [6, 6.07) is 0. The lowest BCUT2D eigenvalue weighted by molar-refractivity contribution is -0.153.